The van der Waals surface area contributed by atoms with Gasteiger partial charge in [-0.2, -0.15) is 0 Å². The van der Waals surface area contributed by atoms with E-state index < -0.39 is 0 Å². The molecule has 0 amide bonds. The fraction of sp³-hybridized carbons (Fsp3) is 0.480. The molecule has 32 heavy (non-hydrogen) atoms. The number of carbonyl (C=O) groups excluding carboxylic acids is 1. The molecule has 1 aliphatic carbocycles. The van der Waals surface area contributed by atoms with E-state index in [2.05, 4.69) is 21.4 Å². The quantitative estimate of drug-likeness (QED) is 0.237. The van der Waals surface area contributed by atoms with Crippen molar-refractivity contribution in [1.29, 1.82) is 0 Å². The largest absolute Gasteiger partial charge is 0.466 e. The van der Waals surface area contributed by atoms with Gasteiger partial charge in [-0.25, -0.2) is 9.97 Å². The highest BCUT2D eigenvalue weighted by atomic mass is 32.1. The fourth-order valence-corrected chi connectivity index (χ4v) is 5.82. The number of nitrogens with one attached hydrogen (secondary N) is 1. The summed E-state index contributed by atoms with van der Waals surface area (Å²) in [6.45, 7) is 4.34. The van der Waals surface area contributed by atoms with Crippen LogP contribution in [0.4, 0.5) is 17.2 Å². The van der Waals surface area contributed by atoms with Gasteiger partial charge >= 0.3 is 5.97 Å². The van der Waals surface area contributed by atoms with Gasteiger partial charge in [-0.1, -0.05) is 19.3 Å². The van der Waals surface area contributed by atoms with Crippen LogP contribution in [0, 0.1) is 12.8 Å². The van der Waals surface area contributed by atoms with Crippen molar-refractivity contribution in [3.63, 3.8) is 0 Å². The summed E-state index contributed by atoms with van der Waals surface area (Å²) >= 11 is 1.81. The van der Waals surface area contributed by atoms with Crippen molar-refractivity contribution in [3.05, 3.63) is 40.5 Å². The number of benzene rings is 1. The maximum atomic E-state index is 11.5. The van der Waals surface area contributed by atoms with Gasteiger partial charge in [0.1, 0.15) is 17.0 Å². The maximum Gasteiger partial charge on any atom is 0.305 e. The topological polar surface area (TPSA) is 90.1 Å². The normalized spacial score (nSPS) is 15.5. The SMILES string of the molecule is CCOC(=O)CCCCCC1CCc2c(sc3ncnc(Nc4ccc(N)c(C)c4)c23)C1. The lowest BCUT2D eigenvalue weighted by Crippen LogP contribution is -2.12. The number of rotatable bonds is 9. The van der Waals surface area contributed by atoms with Crippen LogP contribution in [0.3, 0.4) is 0 Å². The maximum absolute atomic E-state index is 11.5. The number of anilines is 3. The molecule has 1 aromatic carbocycles. The summed E-state index contributed by atoms with van der Waals surface area (Å²) in [6, 6.07) is 5.98. The average Bonchev–Trinajstić information content (AvgIpc) is 3.15. The number of aromatic nitrogens is 2. The fourth-order valence-electron chi connectivity index (χ4n) is 4.52. The number of hydrogen-bond acceptors (Lipinski definition) is 7. The number of nitrogens with zero attached hydrogens (tertiary/aromatic N) is 2. The Balaban J connectivity index is 1.39. The molecule has 6 nitrogen and oxygen atoms in total. The minimum absolute atomic E-state index is 0.0697. The summed E-state index contributed by atoms with van der Waals surface area (Å²) < 4.78 is 5.01. The minimum atomic E-state index is -0.0697. The minimum Gasteiger partial charge on any atom is -0.466 e. The Hall–Kier alpha value is -2.67. The first-order valence-electron chi connectivity index (χ1n) is 11.6. The molecule has 2 aromatic heterocycles. The van der Waals surface area contributed by atoms with E-state index in [0.717, 1.165) is 53.3 Å². The molecule has 0 spiro atoms. The molecule has 7 heteroatoms. The molecule has 0 bridgehead atoms. The zero-order valence-electron chi connectivity index (χ0n) is 18.9. The summed E-state index contributed by atoms with van der Waals surface area (Å²) in [5, 5.41) is 4.67. The zero-order valence-corrected chi connectivity index (χ0v) is 19.8. The van der Waals surface area contributed by atoms with Crippen LogP contribution in [0.15, 0.2) is 24.5 Å². The van der Waals surface area contributed by atoms with Crippen molar-refractivity contribution >= 4 is 44.7 Å². The summed E-state index contributed by atoms with van der Waals surface area (Å²) in [6.07, 6.45) is 10.0. The van der Waals surface area contributed by atoms with Gasteiger partial charge in [-0.15, -0.1) is 11.3 Å². The molecular weight excluding hydrogens is 420 g/mol. The Morgan fingerprint density at radius 3 is 2.97 bits per heavy atom. The van der Waals surface area contributed by atoms with E-state index >= 15 is 0 Å². The average molecular weight is 453 g/mol. The number of nitrogens with two attached hydrogens (primary N) is 1. The lowest BCUT2D eigenvalue weighted by molar-refractivity contribution is -0.143. The molecular formula is C25H32N4O2S. The number of thiophene rings is 1. The molecule has 0 fully saturated rings. The molecule has 0 radical (unpaired) electrons. The Kier molecular flexibility index (Phi) is 7.25. The van der Waals surface area contributed by atoms with Gasteiger partial charge in [0, 0.05) is 22.7 Å². The Labute approximate surface area is 193 Å². The number of nitrogen functional groups attached to an aromatic ring is 1. The smallest absolute Gasteiger partial charge is 0.305 e. The molecule has 1 aliphatic rings. The third-order valence-corrected chi connectivity index (χ3v) is 7.44. The highest BCUT2D eigenvalue weighted by molar-refractivity contribution is 7.19. The van der Waals surface area contributed by atoms with E-state index in [9.17, 15) is 4.79 Å². The molecule has 2 heterocycles. The Morgan fingerprint density at radius 1 is 1.28 bits per heavy atom. The second kappa shape index (κ2) is 10.3. The van der Waals surface area contributed by atoms with E-state index in [1.54, 1.807) is 6.33 Å². The number of hydrogen-bond donors (Lipinski definition) is 2. The van der Waals surface area contributed by atoms with E-state index in [-0.39, 0.29) is 5.97 Å². The first-order valence-corrected chi connectivity index (χ1v) is 12.4. The number of fused-ring (bicyclic) bond motifs is 3. The second-order valence-electron chi connectivity index (χ2n) is 8.62. The van der Waals surface area contributed by atoms with Crippen molar-refractivity contribution in [3.8, 4) is 0 Å². The molecule has 3 N–H and O–H groups in total. The van der Waals surface area contributed by atoms with E-state index in [0.29, 0.717) is 18.9 Å². The number of ether oxygens (including phenoxy) is 1. The second-order valence-corrected chi connectivity index (χ2v) is 9.70. The van der Waals surface area contributed by atoms with Crippen LogP contribution in [0.2, 0.25) is 0 Å². The summed E-state index contributed by atoms with van der Waals surface area (Å²) in [5.41, 5.74) is 10.2. The van der Waals surface area contributed by atoms with Crippen molar-refractivity contribution in [1.82, 2.24) is 9.97 Å². The molecule has 170 valence electrons. The Morgan fingerprint density at radius 2 is 2.16 bits per heavy atom. The monoisotopic (exact) mass is 452 g/mol. The van der Waals surface area contributed by atoms with Crippen molar-refractivity contribution in [2.75, 3.05) is 17.7 Å². The van der Waals surface area contributed by atoms with Gasteiger partial charge in [0.25, 0.3) is 0 Å². The number of carbonyl (C=O) groups is 1. The molecule has 1 unspecified atom stereocenters. The highest BCUT2D eigenvalue weighted by Gasteiger charge is 2.25. The zero-order chi connectivity index (χ0) is 22.5. The first kappa shape index (κ1) is 22.5. The predicted octanol–water partition coefficient (Wildman–Crippen LogP) is 5.94. The van der Waals surface area contributed by atoms with Crippen LogP contribution in [0.25, 0.3) is 10.2 Å². The van der Waals surface area contributed by atoms with Gasteiger partial charge in [0.15, 0.2) is 0 Å². The standard InChI is InChI=1S/C25H32N4O2S/c1-3-31-22(30)8-6-4-5-7-17-9-11-19-21(14-17)32-25-23(19)24(27-15-28-25)29-18-10-12-20(26)16(2)13-18/h10,12-13,15,17H,3-9,11,14,26H2,1-2H3,(H,27,28,29). The predicted molar refractivity (Wildman–Crippen MR) is 132 cm³/mol. The number of aryl methyl sites for hydroxylation is 2. The molecule has 0 saturated carbocycles. The van der Waals surface area contributed by atoms with E-state index in [4.69, 9.17) is 10.5 Å². The van der Waals surface area contributed by atoms with Crippen molar-refractivity contribution in [2.45, 2.75) is 65.2 Å². The lowest BCUT2D eigenvalue weighted by Gasteiger charge is -2.22. The summed E-state index contributed by atoms with van der Waals surface area (Å²) in [4.78, 5) is 23.1. The van der Waals surface area contributed by atoms with Gasteiger partial charge < -0.3 is 15.8 Å². The first-order chi connectivity index (χ1) is 15.5. The molecule has 4 rings (SSSR count). The van der Waals surface area contributed by atoms with Crippen LogP contribution < -0.4 is 11.1 Å². The summed E-state index contributed by atoms with van der Waals surface area (Å²) in [7, 11) is 0. The van der Waals surface area contributed by atoms with Gasteiger partial charge in [0.2, 0.25) is 0 Å². The van der Waals surface area contributed by atoms with Crippen LogP contribution in [0.5, 0.6) is 0 Å². The van der Waals surface area contributed by atoms with Crippen LogP contribution in [-0.2, 0) is 22.4 Å². The van der Waals surface area contributed by atoms with E-state index in [1.807, 2.05) is 37.3 Å². The third-order valence-electron chi connectivity index (χ3n) is 6.28. The van der Waals surface area contributed by atoms with Gasteiger partial charge in [0.05, 0.1) is 12.0 Å². The third kappa shape index (κ3) is 5.21. The number of unbranched alkanes of at least 4 members (excludes halogenated alkanes) is 2. The Bertz CT molecular complexity index is 1090. The molecule has 0 saturated heterocycles. The summed E-state index contributed by atoms with van der Waals surface area (Å²) in [5.74, 6) is 1.52. The number of esters is 1. The van der Waals surface area contributed by atoms with Crippen LogP contribution >= 0.6 is 11.3 Å². The van der Waals surface area contributed by atoms with Gasteiger partial charge in [-0.3, -0.25) is 4.79 Å². The lowest BCUT2D eigenvalue weighted by atomic mass is 9.84. The molecule has 1 atom stereocenters. The molecule has 3 aromatic rings. The van der Waals surface area contributed by atoms with Crippen LogP contribution in [0.1, 0.15) is 61.5 Å². The molecule has 0 aliphatic heterocycles. The van der Waals surface area contributed by atoms with E-state index in [1.165, 1.54) is 35.1 Å². The van der Waals surface area contributed by atoms with Crippen molar-refractivity contribution in [2.24, 2.45) is 5.92 Å². The van der Waals surface area contributed by atoms with Crippen LogP contribution in [-0.4, -0.2) is 22.5 Å². The van der Waals surface area contributed by atoms with Crippen molar-refractivity contribution < 1.29 is 9.53 Å². The van der Waals surface area contributed by atoms with Gasteiger partial charge in [-0.05, 0) is 74.8 Å². The highest BCUT2D eigenvalue weighted by Crippen LogP contribution is 2.41.